The molecule has 0 aromatic carbocycles. The van der Waals surface area contributed by atoms with Crippen LogP contribution in [0.1, 0.15) is 46.0 Å². The molecule has 0 fully saturated rings. The zero-order valence-corrected chi connectivity index (χ0v) is 9.64. The van der Waals surface area contributed by atoms with Gasteiger partial charge in [0.25, 0.3) is 0 Å². The van der Waals surface area contributed by atoms with Crippen molar-refractivity contribution in [3.63, 3.8) is 0 Å². The van der Waals surface area contributed by atoms with E-state index < -0.39 is 0 Å². The molecule has 3 nitrogen and oxygen atoms in total. The molecule has 1 unspecified atom stereocenters. The molecule has 0 saturated carbocycles. The van der Waals surface area contributed by atoms with Crippen LogP contribution in [-0.2, 0) is 9.53 Å². The van der Waals surface area contributed by atoms with E-state index in [1.807, 2.05) is 0 Å². The van der Waals surface area contributed by atoms with E-state index in [0.717, 1.165) is 13.0 Å². The summed E-state index contributed by atoms with van der Waals surface area (Å²) in [5.74, 6) is -0.118. The number of hydrogen-bond acceptors (Lipinski definition) is 3. The van der Waals surface area contributed by atoms with Crippen LogP contribution in [0.25, 0.3) is 0 Å². The second kappa shape index (κ2) is 9.00. The first-order valence-electron chi connectivity index (χ1n) is 5.50. The standard InChI is InChI=1S/C11H23NO2/c1-4-5-7-10(2)12-9-6-8-11(13)14-3/h10,12H,4-9H2,1-3H3. The van der Waals surface area contributed by atoms with Crippen molar-refractivity contribution < 1.29 is 9.53 Å². The number of ether oxygens (including phenoxy) is 1. The van der Waals surface area contributed by atoms with Crippen LogP contribution < -0.4 is 5.32 Å². The first kappa shape index (κ1) is 13.4. The Morgan fingerprint density at radius 1 is 1.43 bits per heavy atom. The Hall–Kier alpha value is -0.570. The molecule has 0 radical (unpaired) electrons. The summed E-state index contributed by atoms with van der Waals surface area (Å²) in [5.41, 5.74) is 0. The maximum absolute atomic E-state index is 10.8. The van der Waals surface area contributed by atoms with Gasteiger partial charge >= 0.3 is 5.97 Å². The third kappa shape index (κ3) is 8.05. The Labute approximate surface area is 87.2 Å². The molecule has 0 saturated heterocycles. The zero-order chi connectivity index (χ0) is 10.8. The molecule has 3 heteroatoms. The summed E-state index contributed by atoms with van der Waals surface area (Å²) in [5, 5.41) is 3.39. The number of carbonyl (C=O) groups excluding carboxylic acids is 1. The van der Waals surface area contributed by atoms with E-state index in [2.05, 4.69) is 23.9 Å². The lowest BCUT2D eigenvalue weighted by atomic mass is 10.1. The highest BCUT2D eigenvalue weighted by Gasteiger charge is 2.02. The summed E-state index contributed by atoms with van der Waals surface area (Å²) in [6.07, 6.45) is 5.11. The number of methoxy groups -OCH3 is 1. The second-order valence-electron chi connectivity index (χ2n) is 3.68. The predicted molar refractivity (Wildman–Crippen MR) is 58.2 cm³/mol. The lowest BCUT2D eigenvalue weighted by Gasteiger charge is -2.12. The largest absolute Gasteiger partial charge is 0.469 e. The van der Waals surface area contributed by atoms with Crippen LogP contribution in [0.5, 0.6) is 0 Å². The first-order valence-corrected chi connectivity index (χ1v) is 5.50. The van der Waals surface area contributed by atoms with E-state index in [1.165, 1.54) is 26.4 Å². The van der Waals surface area contributed by atoms with Crippen molar-refractivity contribution >= 4 is 5.97 Å². The van der Waals surface area contributed by atoms with Gasteiger partial charge < -0.3 is 10.1 Å². The van der Waals surface area contributed by atoms with Gasteiger partial charge in [0.1, 0.15) is 0 Å². The van der Waals surface area contributed by atoms with E-state index in [1.54, 1.807) is 0 Å². The second-order valence-corrected chi connectivity index (χ2v) is 3.68. The average molecular weight is 201 g/mol. The molecular weight excluding hydrogens is 178 g/mol. The smallest absolute Gasteiger partial charge is 0.305 e. The zero-order valence-electron chi connectivity index (χ0n) is 9.64. The Balaban J connectivity index is 3.22. The van der Waals surface area contributed by atoms with Gasteiger partial charge in [-0.3, -0.25) is 4.79 Å². The van der Waals surface area contributed by atoms with Crippen molar-refractivity contribution in [3.05, 3.63) is 0 Å². The molecule has 0 aliphatic heterocycles. The van der Waals surface area contributed by atoms with E-state index >= 15 is 0 Å². The minimum atomic E-state index is -0.118. The maximum Gasteiger partial charge on any atom is 0.305 e. The van der Waals surface area contributed by atoms with Gasteiger partial charge in [0, 0.05) is 12.5 Å². The summed E-state index contributed by atoms with van der Waals surface area (Å²) < 4.78 is 4.56. The fourth-order valence-electron chi connectivity index (χ4n) is 1.30. The Morgan fingerprint density at radius 3 is 2.71 bits per heavy atom. The van der Waals surface area contributed by atoms with Gasteiger partial charge in [0.2, 0.25) is 0 Å². The van der Waals surface area contributed by atoms with Crippen LogP contribution in [0.2, 0.25) is 0 Å². The minimum Gasteiger partial charge on any atom is -0.469 e. The van der Waals surface area contributed by atoms with Gasteiger partial charge in [-0.2, -0.15) is 0 Å². The molecule has 0 aliphatic rings. The molecule has 0 heterocycles. The van der Waals surface area contributed by atoms with Crippen molar-refractivity contribution in [2.24, 2.45) is 0 Å². The Morgan fingerprint density at radius 2 is 2.14 bits per heavy atom. The fraction of sp³-hybridized carbons (Fsp3) is 0.909. The van der Waals surface area contributed by atoms with Crippen molar-refractivity contribution in [1.29, 1.82) is 0 Å². The van der Waals surface area contributed by atoms with Crippen LogP contribution in [0, 0.1) is 0 Å². The quantitative estimate of drug-likeness (QED) is 0.483. The molecule has 0 spiro atoms. The number of carbonyl (C=O) groups is 1. The number of nitrogens with one attached hydrogen (secondary N) is 1. The predicted octanol–water partition coefficient (Wildman–Crippen LogP) is 2.11. The average Bonchev–Trinajstić information content (AvgIpc) is 2.21. The van der Waals surface area contributed by atoms with Crippen molar-refractivity contribution in [3.8, 4) is 0 Å². The lowest BCUT2D eigenvalue weighted by Crippen LogP contribution is -2.27. The summed E-state index contributed by atoms with van der Waals surface area (Å²) >= 11 is 0. The number of hydrogen-bond donors (Lipinski definition) is 1. The van der Waals surface area contributed by atoms with Crippen LogP contribution in [0.3, 0.4) is 0 Å². The van der Waals surface area contributed by atoms with Gasteiger partial charge in [0.05, 0.1) is 7.11 Å². The van der Waals surface area contributed by atoms with Crippen LogP contribution in [0.4, 0.5) is 0 Å². The van der Waals surface area contributed by atoms with Crippen molar-refractivity contribution in [2.75, 3.05) is 13.7 Å². The highest BCUT2D eigenvalue weighted by Crippen LogP contribution is 1.99. The fourth-order valence-corrected chi connectivity index (χ4v) is 1.30. The molecule has 0 aromatic rings. The molecule has 0 aromatic heterocycles. The molecule has 1 N–H and O–H groups in total. The molecular formula is C11H23NO2. The van der Waals surface area contributed by atoms with Gasteiger partial charge in [0.15, 0.2) is 0 Å². The topological polar surface area (TPSA) is 38.3 Å². The van der Waals surface area contributed by atoms with Gasteiger partial charge in [-0.15, -0.1) is 0 Å². The van der Waals surface area contributed by atoms with E-state index in [4.69, 9.17) is 0 Å². The first-order chi connectivity index (χ1) is 6.70. The summed E-state index contributed by atoms with van der Waals surface area (Å²) in [6, 6.07) is 0.563. The molecule has 14 heavy (non-hydrogen) atoms. The maximum atomic E-state index is 10.8. The Kier molecular flexibility index (Phi) is 8.64. The molecule has 1 atom stereocenters. The summed E-state index contributed by atoms with van der Waals surface area (Å²) in [6.45, 7) is 5.29. The molecule has 0 bridgehead atoms. The third-order valence-corrected chi connectivity index (χ3v) is 2.27. The van der Waals surface area contributed by atoms with Crippen LogP contribution in [-0.4, -0.2) is 25.7 Å². The normalized spacial score (nSPS) is 12.5. The van der Waals surface area contributed by atoms with Crippen LogP contribution >= 0.6 is 0 Å². The lowest BCUT2D eigenvalue weighted by molar-refractivity contribution is -0.140. The highest BCUT2D eigenvalue weighted by atomic mass is 16.5. The number of rotatable bonds is 8. The molecule has 84 valence electrons. The molecule has 0 amide bonds. The molecule has 0 rings (SSSR count). The van der Waals surface area contributed by atoms with Gasteiger partial charge in [-0.25, -0.2) is 0 Å². The number of esters is 1. The van der Waals surface area contributed by atoms with Crippen molar-refractivity contribution in [2.45, 2.75) is 52.0 Å². The van der Waals surface area contributed by atoms with E-state index in [0.29, 0.717) is 12.5 Å². The SMILES string of the molecule is CCCCC(C)NCCCC(=O)OC. The van der Waals surface area contributed by atoms with E-state index in [9.17, 15) is 4.79 Å². The van der Waals surface area contributed by atoms with Gasteiger partial charge in [-0.1, -0.05) is 19.8 Å². The summed E-state index contributed by atoms with van der Waals surface area (Å²) in [7, 11) is 1.43. The third-order valence-electron chi connectivity index (χ3n) is 2.27. The Bertz CT molecular complexity index is 148. The van der Waals surface area contributed by atoms with Gasteiger partial charge in [-0.05, 0) is 26.3 Å². The number of unbranched alkanes of at least 4 members (excludes halogenated alkanes) is 1. The summed E-state index contributed by atoms with van der Waals surface area (Å²) in [4.78, 5) is 10.8. The van der Waals surface area contributed by atoms with Crippen molar-refractivity contribution in [1.82, 2.24) is 5.32 Å². The van der Waals surface area contributed by atoms with E-state index in [-0.39, 0.29) is 5.97 Å². The monoisotopic (exact) mass is 201 g/mol. The van der Waals surface area contributed by atoms with Crippen LogP contribution in [0.15, 0.2) is 0 Å². The minimum absolute atomic E-state index is 0.118. The highest BCUT2D eigenvalue weighted by molar-refractivity contribution is 5.69. The molecule has 0 aliphatic carbocycles.